The van der Waals surface area contributed by atoms with E-state index in [-0.39, 0.29) is 29.6 Å². The lowest BCUT2D eigenvalue weighted by Gasteiger charge is -2.35. The molecule has 4 atom stereocenters. The molecule has 0 unspecified atom stereocenters. The average molecular weight is 429 g/mol. The molecule has 1 aliphatic rings. The van der Waals surface area contributed by atoms with E-state index in [2.05, 4.69) is 52.5 Å². The van der Waals surface area contributed by atoms with Crippen LogP contribution in [0.3, 0.4) is 0 Å². The summed E-state index contributed by atoms with van der Waals surface area (Å²) in [5, 5.41) is 17.6. The number of rotatable bonds is 7. The highest BCUT2D eigenvalue weighted by molar-refractivity contribution is 5.83. The molecule has 3 rings (SSSR count). The smallest absolute Gasteiger partial charge is 0.241 e. The van der Waals surface area contributed by atoms with Gasteiger partial charge in [0.15, 0.2) is 0 Å². The Balaban J connectivity index is 1.63. The van der Waals surface area contributed by atoms with Crippen molar-refractivity contribution in [3.05, 3.63) is 42.1 Å². The summed E-state index contributed by atoms with van der Waals surface area (Å²) in [6, 6.07) is 10.0. The number of carbonyl (C=O) groups excluding carboxylic acids is 1. The maximum Gasteiger partial charge on any atom is 0.241 e. The van der Waals surface area contributed by atoms with Crippen molar-refractivity contribution in [1.82, 2.24) is 30.8 Å². The topological polar surface area (TPSA) is 94.5 Å². The molecule has 0 bridgehead atoms. The number of hydrazine groups is 1. The van der Waals surface area contributed by atoms with Gasteiger partial charge in [-0.25, -0.2) is 10.9 Å². The Morgan fingerprint density at radius 1 is 1.23 bits per heavy atom. The summed E-state index contributed by atoms with van der Waals surface area (Å²) in [6.45, 7) is 8.51. The monoisotopic (exact) mass is 428 g/mol. The number of amides is 1. The number of β-amino-alcohol motifs (C(OH)–C–C–N with tert-alkyl or cyclic N) is 1. The fourth-order valence-corrected chi connectivity index (χ4v) is 4.19. The SMILES string of the molecule is CN[C@H](C(=O)N1C[C@H](O)C[C@H]1NN[C@@H](C)c1ccc(-c2ccnn2C)cc1)C(C)(C)C. The number of carbonyl (C=O) groups is 1. The first-order valence-corrected chi connectivity index (χ1v) is 10.9. The highest BCUT2D eigenvalue weighted by Gasteiger charge is 2.40. The molecule has 1 amide bonds. The van der Waals surface area contributed by atoms with Crippen LogP contribution in [0.15, 0.2) is 36.5 Å². The van der Waals surface area contributed by atoms with Crippen LogP contribution in [0.4, 0.5) is 0 Å². The van der Waals surface area contributed by atoms with Crippen LogP contribution < -0.4 is 16.2 Å². The summed E-state index contributed by atoms with van der Waals surface area (Å²) in [7, 11) is 3.73. The van der Waals surface area contributed by atoms with Crippen LogP contribution >= 0.6 is 0 Å². The van der Waals surface area contributed by atoms with Crippen molar-refractivity contribution < 1.29 is 9.90 Å². The van der Waals surface area contributed by atoms with Gasteiger partial charge in [-0.2, -0.15) is 5.10 Å². The quantitative estimate of drug-likeness (QED) is 0.503. The molecule has 0 spiro atoms. The Hall–Kier alpha value is -2.26. The van der Waals surface area contributed by atoms with Gasteiger partial charge in [0.25, 0.3) is 0 Å². The Morgan fingerprint density at radius 3 is 2.45 bits per heavy atom. The summed E-state index contributed by atoms with van der Waals surface area (Å²) in [4.78, 5) is 14.9. The molecule has 1 aromatic heterocycles. The minimum Gasteiger partial charge on any atom is -0.391 e. The third-order valence-corrected chi connectivity index (χ3v) is 5.96. The third-order valence-electron chi connectivity index (χ3n) is 5.96. The highest BCUT2D eigenvalue weighted by atomic mass is 16.3. The Morgan fingerprint density at radius 2 is 1.90 bits per heavy atom. The van der Waals surface area contributed by atoms with Crippen LogP contribution in [-0.4, -0.2) is 57.6 Å². The lowest BCUT2D eigenvalue weighted by molar-refractivity contribution is -0.138. The van der Waals surface area contributed by atoms with E-state index >= 15 is 0 Å². The van der Waals surface area contributed by atoms with E-state index < -0.39 is 6.10 Å². The summed E-state index contributed by atoms with van der Waals surface area (Å²) in [5.74, 6) is -0.000895. The van der Waals surface area contributed by atoms with Crippen molar-refractivity contribution in [2.24, 2.45) is 12.5 Å². The van der Waals surface area contributed by atoms with Crippen molar-refractivity contribution in [2.75, 3.05) is 13.6 Å². The summed E-state index contributed by atoms with van der Waals surface area (Å²) < 4.78 is 1.85. The van der Waals surface area contributed by atoms with E-state index in [1.165, 1.54) is 0 Å². The fourth-order valence-electron chi connectivity index (χ4n) is 4.19. The predicted octanol–water partition coefficient (Wildman–Crippen LogP) is 1.80. The number of aromatic nitrogens is 2. The standard InChI is InChI=1S/C23H36N6O2/c1-15(16-7-9-17(10-8-16)19-11-12-25-28(19)6)26-27-20-13-18(30)14-29(20)22(31)21(24-5)23(2,3)4/h7-12,15,18,20-21,24,26-27,30H,13-14H2,1-6H3/t15-,18+,20-,21+/m0/s1. The van der Waals surface area contributed by atoms with Crippen LogP contribution in [-0.2, 0) is 11.8 Å². The van der Waals surface area contributed by atoms with Gasteiger partial charge in [0.05, 0.1) is 24.0 Å². The summed E-state index contributed by atoms with van der Waals surface area (Å²) >= 11 is 0. The molecule has 0 saturated carbocycles. The number of likely N-dealkylation sites (N-methyl/N-ethyl adjacent to an activating group) is 1. The minimum absolute atomic E-state index is 0.000895. The van der Waals surface area contributed by atoms with Gasteiger partial charge in [0.2, 0.25) is 5.91 Å². The minimum atomic E-state index is -0.533. The average Bonchev–Trinajstić information content (AvgIpc) is 3.30. The van der Waals surface area contributed by atoms with Crippen molar-refractivity contribution >= 4 is 5.91 Å². The van der Waals surface area contributed by atoms with E-state index in [9.17, 15) is 9.90 Å². The summed E-state index contributed by atoms with van der Waals surface area (Å²) in [5.41, 5.74) is 9.67. The third kappa shape index (κ3) is 5.33. The van der Waals surface area contributed by atoms with Crippen molar-refractivity contribution in [3.8, 4) is 11.3 Å². The van der Waals surface area contributed by atoms with Crippen molar-refractivity contribution in [1.29, 1.82) is 0 Å². The zero-order valence-electron chi connectivity index (χ0n) is 19.4. The maximum absolute atomic E-state index is 13.1. The van der Waals surface area contributed by atoms with Gasteiger partial charge < -0.3 is 15.3 Å². The van der Waals surface area contributed by atoms with Crippen molar-refractivity contribution in [2.45, 2.75) is 58.5 Å². The molecule has 170 valence electrons. The zero-order valence-corrected chi connectivity index (χ0v) is 19.4. The molecule has 31 heavy (non-hydrogen) atoms. The number of nitrogens with one attached hydrogen (secondary N) is 3. The van der Waals surface area contributed by atoms with Crippen molar-refractivity contribution in [3.63, 3.8) is 0 Å². The molecule has 8 nitrogen and oxygen atoms in total. The molecule has 8 heteroatoms. The van der Waals surface area contributed by atoms with Crippen LogP contribution in [0.25, 0.3) is 11.3 Å². The van der Waals surface area contributed by atoms with Gasteiger partial charge in [-0.05, 0) is 36.6 Å². The predicted molar refractivity (Wildman–Crippen MR) is 122 cm³/mol. The molecular formula is C23H36N6O2. The molecule has 2 heterocycles. The lowest BCUT2D eigenvalue weighted by Crippen LogP contribution is -2.57. The number of aliphatic hydroxyl groups excluding tert-OH is 1. The fraction of sp³-hybridized carbons (Fsp3) is 0.565. The highest BCUT2D eigenvalue weighted by Crippen LogP contribution is 2.25. The second-order valence-corrected chi connectivity index (χ2v) is 9.46. The van der Waals surface area contributed by atoms with Crippen LogP contribution in [0.2, 0.25) is 0 Å². The number of aliphatic hydroxyl groups is 1. The van der Waals surface area contributed by atoms with E-state index in [0.717, 1.165) is 16.8 Å². The first-order valence-electron chi connectivity index (χ1n) is 10.9. The molecule has 1 saturated heterocycles. The maximum atomic E-state index is 13.1. The van der Waals surface area contributed by atoms with Gasteiger partial charge in [-0.3, -0.25) is 9.48 Å². The number of likely N-dealkylation sites (tertiary alicyclic amines) is 1. The Labute approximate surface area is 185 Å². The van der Waals surface area contributed by atoms with Gasteiger partial charge in [0.1, 0.15) is 0 Å². The van der Waals surface area contributed by atoms with E-state index in [0.29, 0.717) is 13.0 Å². The van der Waals surface area contributed by atoms with Gasteiger partial charge in [-0.15, -0.1) is 0 Å². The molecule has 1 fully saturated rings. The molecule has 0 aliphatic carbocycles. The van der Waals surface area contributed by atoms with Gasteiger partial charge in [0, 0.05) is 32.3 Å². The first kappa shape index (κ1) is 23.4. The second-order valence-electron chi connectivity index (χ2n) is 9.46. The Kier molecular flexibility index (Phi) is 7.16. The Bertz CT molecular complexity index is 873. The van der Waals surface area contributed by atoms with Gasteiger partial charge in [-0.1, -0.05) is 45.0 Å². The van der Waals surface area contributed by atoms with E-state index in [1.54, 1.807) is 18.1 Å². The summed E-state index contributed by atoms with van der Waals surface area (Å²) in [6.07, 6.45) is 1.48. The molecule has 2 aromatic rings. The number of hydrogen-bond donors (Lipinski definition) is 4. The molecule has 0 radical (unpaired) electrons. The number of hydrogen-bond acceptors (Lipinski definition) is 6. The second kappa shape index (κ2) is 9.48. The van der Waals surface area contributed by atoms with E-state index in [4.69, 9.17) is 0 Å². The zero-order chi connectivity index (χ0) is 22.8. The van der Waals surface area contributed by atoms with E-state index in [1.807, 2.05) is 38.6 Å². The number of aryl methyl sites for hydroxylation is 1. The first-order chi connectivity index (χ1) is 14.6. The van der Waals surface area contributed by atoms with Crippen LogP contribution in [0, 0.1) is 5.41 Å². The lowest BCUT2D eigenvalue weighted by atomic mass is 9.86. The number of benzene rings is 1. The normalized spacial score (nSPS) is 21.3. The molecular weight excluding hydrogens is 392 g/mol. The molecule has 1 aliphatic heterocycles. The molecule has 4 N–H and O–H groups in total. The number of nitrogens with zero attached hydrogens (tertiary/aromatic N) is 3. The molecule has 1 aromatic carbocycles. The largest absolute Gasteiger partial charge is 0.391 e. The van der Waals surface area contributed by atoms with Gasteiger partial charge >= 0.3 is 0 Å². The van der Waals surface area contributed by atoms with Crippen LogP contribution in [0.1, 0.15) is 45.7 Å². The van der Waals surface area contributed by atoms with Crippen LogP contribution in [0.5, 0.6) is 0 Å².